The first-order valence-electron chi connectivity index (χ1n) is 8.02. The molecule has 3 aromatic rings. The van der Waals surface area contributed by atoms with E-state index in [9.17, 15) is 13.2 Å². The van der Waals surface area contributed by atoms with Crippen LogP contribution >= 0.6 is 34.3 Å². The highest BCUT2D eigenvalue weighted by Gasteiger charge is 2.16. The number of carbonyl (C=O) groups is 1. The van der Waals surface area contributed by atoms with Crippen LogP contribution in [0.5, 0.6) is 5.75 Å². The van der Waals surface area contributed by atoms with E-state index in [0.29, 0.717) is 26.5 Å². The molecule has 2 aromatic heterocycles. The molecule has 0 aliphatic rings. The third-order valence-corrected chi connectivity index (χ3v) is 7.16. The number of sulfonamides is 1. The summed E-state index contributed by atoms with van der Waals surface area (Å²) in [5.41, 5.74) is 1.03. The number of thiazole rings is 1. The zero-order valence-corrected chi connectivity index (χ0v) is 18.1. The van der Waals surface area contributed by atoms with Gasteiger partial charge in [-0.05, 0) is 31.2 Å². The molecule has 0 aliphatic heterocycles. The normalized spacial score (nSPS) is 11.2. The highest BCUT2D eigenvalue weighted by Crippen LogP contribution is 2.33. The van der Waals surface area contributed by atoms with Gasteiger partial charge in [0.15, 0.2) is 0 Å². The van der Waals surface area contributed by atoms with Gasteiger partial charge in [0.2, 0.25) is 10.0 Å². The summed E-state index contributed by atoms with van der Waals surface area (Å²) in [5.74, 6) is -0.146. The number of ether oxygens (including phenoxy) is 1. The molecule has 0 atom stereocenters. The van der Waals surface area contributed by atoms with E-state index < -0.39 is 10.0 Å². The molecule has 0 aliphatic carbocycles. The summed E-state index contributed by atoms with van der Waals surface area (Å²) in [6.07, 6.45) is 0. The van der Waals surface area contributed by atoms with Crippen molar-refractivity contribution in [1.29, 1.82) is 0 Å². The SMILES string of the molecule is CCS(=O)(=O)Nc1ccc(NC(=O)c2csc(-c3ccc(Cl)s3)n2)cc1OC. The zero-order chi connectivity index (χ0) is 20.3. The van der Waals surface area contributed by atoms with Gasteiger partial charge in [0.25, 0.3) is 5.91 Å². The second kappa shape index (κ2) is 8.48. The molecule has 28 heavy (non-hydrogen) atoms. The maximum atomic E-state index is 12.5. The summed E-state index contributed by atoms with van der Waals surface area (Å²) in [7, 11) is -2.02. The molecule has 0 bridgehead atoms. The molecule has 0 saturated heterocycles. The number of carbonyl (C=O) groups excluding carboxylic acids is 1. The topological polar surface area (TPSA) is 97.4 Å². The molecule has 148 valence electrons. The Morgan fingerprint density at radius 1 is 1.29 bits per heavy atom. The van der Waals surface area contributed by atoms with Gasteiger partial charge in [-0.15, -0.1) is 22.7 Å². The van der Waals surface area contributed by atoms with Gasteiger partial charge in [-0.25, -0.2) is 13.4 Å². The van der Waals surface area contributed by atoms with Crippen LogP contribution in [0.1, 0.15) is 17.4 Å². The Morgan fingerprint density at radius 2 is 2.07 bits per heavy atom. The van der Waals surface area contributed by atoms with Crippen molar-refractivity contribution >= 4 is 61.6 Å². The molecule has 0 radical (unpaired) electrons. The maximum Gasteiger partial charge on any atom is 0.275 e. The summed E-state index contributed by atoms with van der Waals surface area (Å²) in [4.78, 5) is 17.7. The predicted molar refractivity (Wildman–Crippen MR) is 114 cm³/mol. The van der Waals surface area contributed by atoms with Crippen LogP contribution in [0.2, 0.25) is 4.34 Å². The van der Waals surface area contributed by atoms with E-state index in [0.717, 1.165) is 4.88 Å². The summed E-state index contributed by atoms with van der Waals surface area (Å²) >= 11 is 8.68. The van der Waals surface area contributed by atoms with Crippen LogP contribution in [-0.4, -0.2) is 32.2 Å². The molecule has 7 nitrogen and oxygen atoms in total. The lowest BCUT2D eigenvalue weighted by Gasteiger charge is -2.12. The monoisotopic (exact) mass is 457 g/mol. The molecule has 2 heterocycles. The summed E-state index contributed by atoms with van der Waals surface area (Å²) in [5, 5.41) is 5.11. The molecule has 11 heteroatoms. The number of aromatic nitrogens is 1. The van der Waals surface area contributed by atoms with E-state index in [1.807, 2.05) is 6.07 Å². The number of thiophene rings is 1. The molecule has 2 N–H and O–H groups in total. The summed E-state index contributed by atoms with van der Waals surface area (Å²) < 4.78 is 31.8. The summed E-state index contributed by atoms with van der Waals surface area (Å²) in [6.45, 7) is 1.54. The second-order valence-electron chi connectivity index (χ2n) is 5.52. The number of methoxy groups -OCH3 is 1. The van der Waals surface area contributed by atoms with Crippen LogP contribution < -0.4 is 14.8 Å². The van der Waals surface area contributed by atoms with Gasteiger partial charge >= 0.3 is 0 Å². The summed E-state index contributed by atoms with van der Waals surface area (Å²) in [6, 6.07) is 8.29. The Balaban J connectivity index is 1.76. The molecule has 0 spiro atoms. The van der Waals surface area contributed by atoms with Gasteiger partial charge < -0.3 is 10.1 Å². The van der Waals surface area contributed by atoms with Gasteiger partial charge in [-0.2, -0.15) is 0 Å². The number of amides is 1. The lowest BCUT2D eigenvalue weighted by Crippen LogP contribution is -2.16. The largest absolute Gasteiger partial charge is 0.494 e. The van der Waals surface area contributed by atoms with Crippen molar-refractivity contribution in [2.24, 2.45) is 0 Å². The van der Waals surface area contributed by atoms with Crippen molar-refractivity contribution < 1.29 is 17.9 Å². The van der Waals surface area contributed by atoms with Gasteiger partial charge in [0.05, 0.1) is 27.8 Å². The van der Waals surface area contributed by atoms with Crippen LogP contribution in [0.25, 0.3) is 9.88 Å². The molecule has 0 unspecified atom stereocenters. The lowest BCUT2D eigenvalue weighted by molar-refractivity contribution is 0.102. The van der Waals surface area contributed by atoms with Gasteiger partial charge in [0.1, 0.15) is 16.5 Å². The average Bonchev–Trinajstić information content (AvgIpc) is 3.31. The van der Waals surface area contributed by atoms with Crippen molar-refractivity contribution in [3.05, 3.63) is 45.7 Å². The van der Waals surface area contributed by atoms with E-state index in [2.05, 4.69) is 15.0 Å². The van der Waals surface area contributed by atoms with Crippen LogP contribution in [0.4, 0.5) is 11.4 Å². The molecule has 0 fully saturated rings. The molecule has 1 aromatic carbocycles. The van der Waals surface area contributed by atoms with Gasteiger partial charge in [0, 0.05) is 17.1 Å². The van der Waals surface area contributed by atoms with Crippen LogP contribution in [0.15, 0.2) is 35.7 Å². The number of hydrogen-bond acceptors (Lipinski definition) is 7. The first kappa shape index (κ1) is 20.6. The zero-order valence-electron chi connectivity index (χ0n) is 14.9. The number of rotatable bonds is 7. The second-order valence-corrected chi connectivity index (χ2v) is 10.1. The van der Waals surface area contributed by atoms with E-state index in [1.165, 1.54) is 48.8 Å². The standard InChI is InChI=1S/C17H16ClN3O4S3/c1-3-28(23,24)21-11-5-4-10(8-13(11)25-2)19-16(22)12-9-26-17(20-12)14-6-7-15(18)27-14/h4-9,21H,3H2,1-2H3,(H,19,22). The van der Waals surface area contributed by atoms with Crippen LogP contribution in [0.3, 0.4) is 0 Å². The molecule has 3 rings (SSSR count). The van der Waals surface area contributed by atoms with Crippen LogP contribution in [0, 0.1) is 0 Å². The van der Waals surface area contributed by atoms with Crippen molar-refractivity contribution in [2.45, 2.75) is 6.92 Å². The molecular weight excluding hydrogens is 442 g/mol. The minimum Gasteiger partial charge on any atom is -0.494 e. The Bertz CT molecular complexity index is 1110. The van der Waals surface area contributed by atoms with Crippen LogP contribution in [-0.2, 0) is 10.0 Å². The lowest BCUT2D eigenvalue weighted by atomic mass is 10.2. The number of nitrogens with one attached hydrogen (secondary N) is 2. The van der Waals surface area contributed by atoms with Gasteiger partial charge in [-0.1, -0.05) is 11.6 Å². The minimum atomic E-state index is -3.44. The van der Waals surface area contributed by atoms with E-state index >= 15 is 0 Å². The first-order valence-corrected chi connectivity index (χ1v) is 11.7. The Labute approximate surface area is 175 Å². The third kappa shape index (κ3) is 4.82. The van der Waals surface area contributed by atoms with Crippen molar-refractivity contribution in [2.75, 3.05) is 22.9 Å². The third-order valence-electron chi connectivity index (χ3n) is 3.63. The fraction of sp³-hybridized carbons (Fsp3) is 0.176. The smallest absolute Gasteiger partial charge is 0.275 e. The fourth-order valence-corrected chi connectivity index (χ4v) is 4.77. The number of hydrogen-bond donors (Lipinski definition) is 2. The Hall–Kier alpha value is -2.14. The first-order chi connectivity index (χ1) is 13.3. The van der Waals surface area contributed by atoms with Crippen molar-refractivity contribution in [3.63, 3.8) is 0 Å². The van der Waals surface area contributed by atoms with Gasteiger partial charge in [-0.3, -0.25) is 9.52 Å². The van der Waals surface area contributed by atoms with E-state index in [4.69, 9.17) is 16.3 Å². The maximum absolute atomic E-state index is 12.5. The number of nitrogens with zero attached hydrogens (tertiary/aromatic N) is 1. The average molecular weight is 458 g/mol. The highest BCUT2D eigenvalue weighted by molar-refractivity contribution is 7.92. The van der Waals surface area contributed by atoms with E-state index in [-0.39, 0.29) is 17.4 Å². The minimum absolute atomic E-state index is 0.0593. The number of anilines is 2. The predicted octanol–water partition coefficient (Wildman–Crippen LogP) is 4.55. The molecule has 1 amide bonds. The van der Waals surface area contributed by atoms with Crippen molar-refractivity contribution in [3.8, 4) is 15.6 Å². The Morgan fingerprint density at radius 3 is 2.71 bits per heavy atom. The number of benzene rings is 1. The number of halogens is 1. The highest BCUT2D eigenvalue weighted by atomic mass is 35.5. The van der Waals surface area contributed by atoms with E-state index in [1.54, 1.807) is 17.5 Å². The molecular formula is C17H16ClN3O4S3. The Kier molecular flexibility index (Phi) is 6.23. The fourth-order valence-electron chi connectivity index (χ4n) is 2.21. The van der Waals surface area contributed by atoms with Crippen molar-refractivity contribution in [1.82, 2.24) is 4.98 Å². The molecule has 0 saturated carbocycles. The quantitative estimate of drug-likeness (QED) is 0.542.